The largest absolute Gasteiger partial charge is 0.396 e. The zero-order valence-electron chi connectivity index (χ0n) is 6.90. The monoisotopic (exact) mass is 163 g/mol. The maximum atomic E-state index is 9.16. The van der Waals surface area contributed by atoms with Gasteiger partial charge in [-0.05, 0) is 13.5 Å². The molecule has 0 aliphatic rings. The lowest BCUT2D eigenvalue weighted by Crippen LogP contribution is -2.31. The molecule has 0 aromatic heterocycles. The summed E-state index contributed by atoms with van der Waals surface area (Å²) in [5, 5.41) is 26.1. The van der Waals surface area contributed by atoms with Crippen molar-refractivity contribution in [3.63, 3.8) is 0 Å². The smallest absolute Gasteiger partial charge is 0.0688 e. The van der Waals surface area contributed by atoms with Crippen LogP contribution in [0, 0.1) is 0 Å². The van der Waals surface area contributed by atoms with Gasteiger partial charge in [-0.15, -0.1) is 0 Å². The Kier molecular flexibility index (Phi) is 6.45. The summed E-state index contributed by atoms with van der Waals surface area (Å²) in [6.07, 6.45) is -0.0907. The number of likely N-dealkylation sites (N-methyl/N-ethyl adjacent to an activating group) is 1. The van der Waals surface area contributed by atoms with E-state index >= 15 is 0 Å². The Morgan fingerprint density at radius 3 is 2.36 bits per heavy atom. The van der Waals surface area contributed by atoms with Crippen LogP contribution < -0.4 is 0 Å². The van der Waals surface area contributed by atoms with Gasteiger partial charge < -0.3 is 20.2 Å². The first-order valence-corrected chi connectivity index (χ1v) is 3.79. The SMILES string of the molecule is CN(CCO)CC(O)CCO. The molecule has 4 heteroatoms. The Morgan fingerprint density at radius 2 is 1.91 bits per heavy atom. The third-order valence-electron chi connectivity index (χ3n) is 1.47. The molecule has 0 radical (unpaired) electrons. The normalized spacial score (nSPS) is 13.9. The minimum Gasteiger partial charge on any atom is -0.396 e. The van der Waals surface area contributed by atoms with E-state index < -0.39 is 6.10 Å². The fourth-order valence-corrected chi connectivity index (χ4v) is 0.862. The summed E-state index contributed by atoms with van der Waals surface area (Å²) in [6, 6.07) is 0. The van der Waals surface area contributed by atoms with E-state index in [9.17, 15) is 0 Å². The van der Waals surface area contributed by atoms with Crippen LogP contribution >= 0.6 is 0 Å². The van der Waals surface area contributed by atoms with Crippen LogP contribution in [0.4, 0.5) is 0 Å². The van der Waals surface area contributed by atoms with Crippen molar-refractivity contribution < 1.29 is 15.3 Å². The Labute approximate surface area is 67.1 Å². The lowest BCUT2D eigenvalue weighted by molar-refractivity contribution is 0.0903. The van der Waals surface area contributed by atoms with Crippen LogP contribution in [0.25, 0.3) is 0 Å². The van der Waals surface area contributed by atoms with Crippen molar-refractivity contribution in [3.05, 3.63) is 0 Å². The minimum atomic E-state index is -0.489. The van der Waals surface area contributed by atoms with Gasteiger partial charge in [0.2, 0.25) is 0 Å². The van der Waals surface area contributed by atoms with Crippen LogP contribution in [0.5, 0.6) is 0 Å². The molecule has 0 fully saturated rings. The predicted octanol–water partition coefficient (Wildman–Crippen LogP) is -1.35. The second-order valence-electron chi connectivity index (χ2n) is 2.65. The van der Waals surface area contributed by atoms with Gasteiger partial charge in [0, 0.05) is 19.7 Å². The highest BCUT2D eigenvalue weighted by Crippen LogP contribution is 1.92. The van der Waals surface area contributed by atoms with Gasteiger partial charge in [0.15, 0.2) is 0 Å². The van der Waals surface area contributed by atoms with Crippen molar-refractivity contribution >= 4 is 0 Å². The maximum Gasteiger partial charge on any atom is 0.0688 e. The van der Waals surface area contributed by atoms with Gasteiger partial charge in [-0.3, -0.25) is 0 Å². The van der Waals surface area contributed by atoms with Crippen molar-refractivity contribution in [1.29, 1.82) is 0 Å². The lowest BCUT2D eigenvalue weighted by Gasteiger charge is -2.18. The highest BCUT2D eigenvalue weighted by molar-refractivity contribution is 4.59. The summed E-state index contributed by atoms with van der Waals surface area (Å²) >= 11 is 0. The molecule has 4 nitrogen and oxygen atoms in total. The summed E-state index contributed by atoms with van der Waals surface area (Å²) in [5.74, 6) is 0. The fraction of sp³-hybridized carbons (Fsp3) is 1.00. The fourth-order valence-electron chi connectivity index (χ4n) is 0.862. The van der Waals surface area contributed by atoms with Crippen LogP contribution in [0.3, 0.4) is 0 Å². The maximum absolute atomic E-state index is 9.16. The molecule has 0 aromatic rings. The first-order chi connectivity index (χ1) is 5.20. The van der Waals surface area contributed by atoms with Crippen LogP contribution in [-0.2, 0) is 0 Å². The first kappa shape index (κ1) is 10.8. The lowest BCUT2D eigenvalue weighted by atomic mass is 10.2. The van der Waals surface area contributed by atoms with Crippen molar-refractivity contribution in [3.8, 4) is 0 Å². The van der Waals surface area contributed by atoms with E-state index in [0.717, 1.165) is 0 Å². The van der Waals surface area contributed by atoms with Crippen LogP contribution in [-0.4, -0.2) is 59.7 Å². The molecule has 68 valence electrons. The van der Waals surface area contributed by atoms with Crippen molar-refractivity contribution in [2.24, 2.45) is 0 Å². The average molecular weight is 163 g/mol. The molecule has 3 N–H and O–H groups in total. The zero-order chi connectivity index (χ0) is 8.69. The minimum absolute atomic E-state index is 0.00807. The number of hydrogen-bond donors (Lipinski definition) is 3. The van der Waals surface area contributed by atoms with E-state index in [1.54, 1.807) is 0 Å². The zero-order valence-corrected chi connectivity index (χ0v) is 6.90. The van der Waals surface area contributed by atoms with Gasteiger partial charge in [-0.25, -0.2) is 0 Å². The predicted molar refractivity (Wildman–Crippen MR) is 42.3 cm³/mol. The van der Waals surface area contributed by atoms with E-state index in [1.165, 1.54) is 0 Å². The van der Waals surface area contributed by atoms with E-state index in [2.05, 4.69) is 0 Å². The second-order valence-corrected chi connectivity index (χ2v) is 2.65. The van der Waals surface area contributed by atoms with Crippen LogP contribution in [0.1, 0.15) is 6.42 Å². The average Bonchev–Trinajstić information content (AvgIpc) is 1.87. The third-order valence-corrected chi connectivity index (χ3v) is 1.47. The van der Waals surface area contributed by atoms with Crippen molar-refractivity contribution in [2.45, 2.75) is 12.5 Å². The molecular formula is C7H17NO3. The number of aliphatic hydroxyl groups is 3. The number of rotatable bonds is 6. The first-order valence-electron chi connectivity index (χ1n) is 3.79. The van der Waals surface area contributed by atoms with Gasteiger partial charge in [0.05, 0.1) is 12.7 Å². The van der Waals surface area contributed by atoms with Crippen LogP contribution in [0.15, 0.2) is 0 Å². The Hall–Kier alpha value is -0.160. The summed E-state index contributed by atoms with van der Waals surface area (Å²) in [5.41, 5.74) is 0. The quantitative estimate of drug-likeness (QED) is 0.453. The topological polar surface area (TPSA) is 63.9 Å². The van der Waals surface area contributed by atoms with Gasteiger partial charge in [-0.1, -0.05) is 0 Å². The van der Waals surface area contributed by atoms with Gasteiger partial charge in [-0.2, -0.15) is 0 Å². The molecule has 11 heavy (non-hydrogen) atoms. The van der Waals surface area contributed by atoms with E-state index in [4.69, 9.17) is 15.3 Å². The van der Waals surface area contributed by atoms with E-state index in [-0.39, 0.29) is 13.2 Å². The molecule has 0 aliphatic heterocycles. The van der Waals surface area contributed by atoms with Crippen molar-refractivity contribution in [2.75, 3.05) is 33.4 Å². The summed E-state index contributed by atoms with van der Waals surface area (Å²) in [7, 11) is 1.82. The summed E-state index contributed by atoms with van der Waals surface area (Å²) in [6.45, 7) is 1.17. The molecule has 0 rings (SSSR count). The Bertz CT molecular complexity index is 79.8. The van der Waals surface area contributed by atoms with Gasteiger partial charge >= 0.3 is 0 Å². The highest BCUT2D eigenvalue weighted by Gasteiger charge is 2.05. The molecule has 1 atom stereocenters. The molecule has 0 spiro atoms. The van der Waals surface area contributed by atoms with Crippen molar-refractivity contribution in [1.82, 2.24) is 4.90 Å². The number of hydrogen-bond acceptors (Lipinski definition) is 4. The number of aliphatic hydroxyl groups excluding tert-OH is 3. The molecule has 0 aromatic carbocycles. The molecule has 0 saturated heterocycles. The standard InChI is InChI=1S/C7H17NO3/c1-8(3-5-10)6-7(11)2-4-9/h7,9-11H,2-6H2,1H3. The van der Waals surface area contributed by atoms with E-state index in [1.807, 2.05) is 11.9 Å². The molecule has 0 saturated carbocycles. The number of nitrogens with zero attached hydrogens (tertiary/aromatic N) is 1. The Morgan fingerprint density at radius 1 is 1.27 bits per heavy atom. The highest BCUT2D eigenvalue weighted by atomic mass is 16.3. The molecule has 0 amide bonds. The van der Waals surface area contributed by atoms with Gasteiger partial charge in [0.1, 0.15) is 0 Å². The molecular weight excluding hydrogens is 146 g/mol. The Balaban J connectivity index is 3.32. The summed E-state index contributed by atoms with van der Waals surface area (Å²) < 4.78 is 0. The third kappa shape index (κ3) is 6.25. The summed E-state index contributed by atoms with van der Waals surface area (Å²) in [4.78, 5) is 1.82. The second kappa shape index (κ2) is 6.54. The van der Waals surface area contributed by atoms with Crippen LogP contribution in [0.2, 0.25) is 0 Å². The van der Waals surface area contributed by atoms with Gasteiger partial charge in [0.25, 0.3) is 0 Å². The molecule has 0 heterocycles. The molecule has 0 bridgehead atoms. The van der Waals surface area contributed by atoms with E-state index in [0.29, 0.717) is 19.5 Å². The molecule has 0 aliphatic carbocycles. The molecule has 1 unspecified atom stereocenters.